The van der Waals surface area contributed by atoms with Gasteiger partial charge < -0.3 is 4.79 Å². The number of hydrogen-bond donors (Lipinski definition) is 2. The fourth-order valence-corrected chi connectivity index (χ4v) is 1.50. The minimum atomic E-state index is -0.559. The number of benzene rings is 1. The predicted octanol–water partition coefficient (Wildman–Crippen LogP) is 0.928. The van der Waals surface area contributed by atoms with Crippen LogP contribution >= 0.6 is 0 Å². The zero-order chi connectivity index (χ0) is 11.8. The molecule has 0 heterocycles. The number of aldehydes is 1. The van der Waals surface area contributed by atoms with Crippen LogP contribution in [-0.2, 0) is 4.79 Å². The summed E-state index contributed by atoms with van der Waals surface area (Å²) in [5.74, 6) is 4.44. The maximum Gasteiger partial charge on any atom is 0.173 e. The predicted molar refractivity (Wildman–Crippen MR) is 61.8 cm³/mol. The summed E-state index contributed by atoms with van der Waals surface area (Å²) in [6.07, 6.45) is 1.95. The summed E-state index contributed by atoms with van der Waals surface area (Å²) in [7, 11) is 0. The van der Waals surface area contributed by atoms with Crippen LogP contribution in [0.4, 0.5) is 0 Å². The van der Waals surface area contributed by atoms with Crippen LogP contribution in [0.1, 0.15) is 23.2 Å². The van der Waals surface area contributed by atoms with Crippen molar-refractivity contribution in [2.24, 2.45) is 11.8 Å². The van der Waals surface area contributed by atoms with Crippen LogP contribution in [0.25, 0.3) is 0 Å². The molecule has 1 unspecified atom stereocenters. The molecule has 0 amide bonds. The molecule has 0 aliphatic carbocycles. The molecule has 0 saturated carbocycles. The molecule has 16 heavy (non-hydrogen) atoms. The van der Waals surface area contributed by atoms with Crippen LogP contribution in [-0.4, -0.2) is 18.6 Å². The van der Waals surface area contributed by atoms with Crippen LogP contribution in [0, 0.1) is 5.92 Å². The first-order chi connectivity index (χ1) is 7.79. The normalized spacial score (nSPS) is 12.1. The molecule has 1 rings (SSSR count). The van der Waals surface area contributed by atoms with E-state index in [0.29, 0.717) is 31.2 Å². The van der Waals surface area contributed by atoms with Gasteiger partial charge in [-0.15, -0.1) is 0 Å². The van der Waals surface area contributed by atoms with Crippen molar-refractivity contribution in [3.63, 3.8) is 0 Å². The Balaban J connectivity index is 2.59. The van der Waals surface area contributed by atoms with Crippen LogP contribution in [0.2, 0.25) is 0 Å². The number of nitrogens with one attached hydrogen (secondary N) is 1. The van der Waals surface area contributed by atoms with E-state index in [4.69, 9.17) is 5.84 Å². The van der Waals surface area contributed by atoms with Crippen LogP contribution < -0.4 is 11.3 Å². The highest BCUT2D eigenvalue weighted by molar-refractivity contribution is 6.05. The van der Waals surface area contributed by atoms with E-state index in [1.54, 1.807) is 24.3 Å². The number of hydrazine groups is 1. The quantitative estimate of drug-likeness (QED) is 0.179. The number of nitrogens with two attached hydrogens (primary N) is 1. The van der Waals surface area contributed by atoms with Crippen molar-refractivity contribution < 1.29 is 9.59 Å². The van der Waals surface area contributed by atoms with Crippen molar-refractivity contribution in [3.05, 3.63) is 35.9 Å². The van der Waals surface area contributed by atoms with Gasteiger partial charge >= 0.3 is 0 Å². The second-order valence-corrected chi connectivity index (χ2v) is 3.57. The monoisotopic (exact) mass is 220 g/mol. The maximum absolute atomic E-state index is 11.9. The highest BCUT2D eigenvalue weighted by atomic mass is 16.1. The van der Waals surface area contributed by atoms with Crippen molar-refractivity contribution in [2.45, 2.75) is 12.8 Å². The summed E-state index contributed by atoms with van der Waals surface area (Å²) in [4.78, 5) is 22.7. The fourth-order valence-electron chi connectivity index (χ4n) is 1.50. The lowest BCUT2D eigenvalue weighted by molar-refractivity contribution is -0.110. The Morgan fingerprint density at radius 3 is 2.62 bits per heavy atom. The van der Waals surface area contributed by atoms with Crippen LogP contribution in [0.3, 0.4) is 0 Å². The van der Waals surface area contributed by atoms with Gasteiger partial charge in [-0.3, -0.25) is 16.1 Å². The summed E-state index contributed by atoms with van der Waals surface area (Å²) in [5, 5.41) is 0. The van der Waals surface area contributed by atoms with Gasteiger partial charge in [0, 0.05) is 12.1 Å². The van der Waals surface area contributed by atoms with Gasteiger partial charge in [0.15, 0.2) is 5.78 Å². The van der Waals surface area contributed by atoms with E-state index in [0.717, 1.165) is 0 Å². The summed E-state index contributed by atoms with van der Waals surface area (Å²) in [6.45, 7) is 0.604. The lowest BCUT2D eigenvalue weighted by Crippen LogP contribution is -2.24. The molecule has 1 atom stereocenters. The third-order valence-corrected chi connectivity index (χ3v) is 2.40. The average molecular weight is 220 g/mol. The summed E-state index contributed by atoms with van der Waals surface area (Å²) >= 11 is 0. The molecular weight excluding hydrogens is 204 g/mol. The molecule has 0 spiro atoms. The molecule has 3 N–H and O–H groups in total. The number of carbonyl (C=O) groups is 2. The lowest BCUT2D eigenvalue weighted by atomic mass is 9.95. The summed E-state index contributed by atoms with van der Waals surface area (Å²) in [6, 6.07) is 8.86. The van der Waals surface area contributed by atoms with Gasteiger partial charge in [-0.1, -0.05) is 30.3 Å². The third kappa shape index (κ3) is 3.56. The Morgan fingerprint density at radius 1 is 1.38 bits per heavy atom. The first-order valence-electron chi connectivity index (χ1n) is 5.27. The van der Waals surface area contributed by atoms with Crippen molar-refractivity contribution >= 4 is 12.1 Å². The zero-order valence-corrected chi connectivity index (χ0v) is 9.06. The van der Waals surface area contributed by atoms with Gasteiger partial charge in [-0.05, 0) is 12.8 Å². The van der Waals surface area contributed by atoms with E-state index >= 15 is 0 Å². The Hall–Kier alpha value is -1.52. The highest BCUT2D eigenvalue weighted by Gasteiger charge is 2.18. The number of Topliss-reactive ketones (excluding diaryl/α,β-unsaturated/α-hetero) is 1. The number of hydrogen-bond acceptors (Lipinski definition) is 4. The van der Waals surface area contributed by atoms with Crippen molar-refractivity contribution in [3.8, 4) is 0 Å². The topological polar surface area (TPSA) is 72.2 Å². The number of carbonyl (C=O) groups excluding carboxylic acids is 2. The average Bonchev–Trinajstić information content (AvgIpc) is 2.35. The van der Waals surface area contributed by atoms with E-state index < -0.39 is 5.92 Å². The molecule has 4 heteroatoms. The summed E-state index contributed by atoms with van der Waals surface area (Å²) < 4.78 is 0. The second kappa shape index (κ2) is 6.87. The number of ketones is 1. The fraction of sp³-hybridized carbons (Fsp3) is 0.333. The minimum Gasteiger partial charge on any atom is -0.303 e. The minimum absolute atomic E-state index is 0.118. The van der Waals surface area contributed by atoms with Gasteiger partial charge in [0.25, 0.3) is 0 Å². The molecule has 1 aromatic rings. The molecule has 0 aliphatic rings. The third-order valence-electron chi connectivity index (χ3n) is 2.40. The van der Waals surface area contributed by atoms with Crippen molar-refractivity contribution in [1.82, 2.24) is 5.43 Å². The Kier molecular flexibility index (Phi) is 5.39. The maximum atomic E-state index is 11.9. The first-order valence-corrected chi connectivity index (χ1v) is 5.27. The van der Waals surface area contributed by atoms with Gasteiger partial charge in [-0.2, -0.15) is 0 Å². The molecule has 0 saturated heterocycles. The van der Waals surface area contributed by atoms with E-state index in [1.165, 1.54) is 0 Å². The Labute approximate surface area is 94.8 Å². The molecule has 0 fully saturated rings. The largest absolute Gasteiger partial charge is 0.303 e. The van der Waals surface area contributed by atoms with Gasteiger partial charge in [0.2, 0.25) is 0 Å². The first kappa shape index (κ1) is 12.5. The van der Waals surface area contributed by atoms with Crippen molar-refractivity contribution in [2.75, 3.05) is 6.54 Å². The molecular formula is C12H16N2O2. The molecule has 0 bridgehead atoms. The smallest absolute Gasteiger partial charge is 0.173 e. The molecule has 1 aromatic carbocycles. The van der Waals surface area contributed by atoms with Crippen molar-refractivity contribution in [1.29, 1.82) is 0 Å². The van der Waals surface area contributed by atoms with Crippen LogP contribution in [0.5, 0.6) is 0 Å². The molecule has 0 aromatic heterocycles. The molecule has 86 valence electrons. The van der Waals surface area contributed by atoms with E-state index in [-0.39, 0.29) is 5.78 Å². The Bertz CT molecular complexity index is 338. The second-order valence-electron chi connectivity index (χ2n) is 3.57. The zero-order valence-electron chi connectivity index (χ0n) is 9.06. The Morgan fingerprint density at radius 2 is 2.06 bits per heavy atom. The van der Waals surface area contributed by atoms with Gasteiger partial charge in [-0.25, -0.2) is 0 Å². The van der Waals surface area contributed by atoms with E-state index in [2.05, 4.69) is 5.43 Å². The van der Waals surface area contributed by atoms with E-state index in [9.17, 15) is 9.59 Å². The molecule has 4 nitrogen and oxygen atoms in total. The molecule has 0 aliphatic heterocycles. The standard InChI is InChI=1S/C12H16N2O2/c13-14-8-4-7-11(9-15)12(16)10-5-2-1-3-6-10/h1-3,5-6,9,11,14H,4,7-8,13H2. The highest BCUT2D eigenvalue weighted by Crippen LogP contribution is 2.12. The van der Waals surface area contributed by atoms with Crippen LogP contribution in [0.15, 0.2) is 30.3 Å². The van der Waals surface area contributed by atoms with Gasteiger partial charge in [0.05, 0.1) is 5.92 Å². The lowest BCUT2D eigenvalue weighted by Gasteiger charge is -2.08. The summed E-state index contributed by atoms with van der Waals surface area (Å²) in [5.41, 5.74) is 3.08. The van der Waals surface area contributed by atoms with E-state index in [1.807, 2.05) is 6.07 Å². The SMILES string of the molecule is NNCCCC(C=O)C(=O)c1ccccc1. The van der Waals surface area contributed by atoms with Gasteiger partial charge in [0.1, 0.15) is 6.29 Å². The number of rotatable bonds is 7. The molecule has 0 radical (unpaired) electrons.